The van der Waals surface area contributed by atoms with Crippen molar-refractivity contribution in [2.45, 2.75) is 83.7 Å². The van der Waals surface area contributed by atoms with E-state index in [0.717, 1.165) is 6.08 Å². The van der Waals surface area contributed by atoms with Crippen LogP contribution in [0.15, 0.2) is 99.7 Å². The van der Waals surface area contributed by atoms with Crippen LogP contribution in [0.3, 0.4) is 0 Å². The summed E-state index contributed by atoms with van der Waals surface area (Å²) in [6.45, 7) is 5.77. The van der Waals surface area contributed by atoms with Gasteiger partial charge in [-0.25, -0.2) is 4.79 Å². The Hall–Kier alpha value is -7.38. The smallest absolute Gasteiger partial charge is 0.405 e. The van der Waals surface area contributed by atoms with Crippen molar-refractivity contribution in [2.24, 2.45) is 17.6 Å². The first kappa shape index (κ1) is 53.0. The second kappa shape index (κ2) is 24.4. The number of carbonyl (C=O) groups excluding carboxylic acids is 5. The summed E-state index contributed by atoms with van der Waals surface area (Å²) in [4.78, 5) is 66.7. The molecule has 0 fully saturated rings. The number of hydrogen-bond donors (Lipinski definition) is 4. The molecule has 19 heteroatoms. The highest BCUT2D eigenvalue weighted by molar-refractivity contribution is 6.23. The Bertz CT molecular complexity index is 2600. The number of allylic oxidation sites excluding steroid dienone is 4. The first-order valence-electron chi connectivity index (χ1n) is 23.2. The number of ketones is 2. The van der Waals surface area contributed by atoms with Crippen molar-refractivity contribution in [1.29, 1.82) is 0 Å². The van der Waals surface area contributed by atoms with Crippen molar-refractivity contribution >= 4 is 35.2 Å². The molecule has 3 aromatic rings. The second-order valence-electron chi connectivity index (χ2n) is 17.4. The Labute approximate surface area is 412 Å². The van der Waals surface area contributed by atoms with Gasteiger partial charge >= 0.3 is 6.09 Å². The summed E-state index contributed by atoms with van der Waals surface area (Å²) < 4.78 is 51.3. The number of nitrogens with one attached hydrogen (secondary N) is 3. The number of carbonyl (C=O) groups is 5. The SMILES string of the molecule is COc1ccc(-c2cnoc2-c2cc(OC)c(OC)c(OC)c2)cc1NC(=O)CCCCCNC1=C2C[C@@H](C)C[C@H](OC)[C@H]3OC(=C[C@@H]3C)[C@H](OC(N)=O)[C@@H](OC)/C=C\C=C(/C)C(=O)NC(=CC1=O)C2=O. The number of nitrogens with two attached hydrogens (primary N) is 1. The number of hydrogen-bond acceptors (Lipinski definition) is 16. The lowest BCUT2D eigenvalue weighted by molar-refractivity contribution is -0.120. The summed E-state index contributed by atoms with van der Waals surface area (Å²) in [7, 11) is 9.09. The summed E-state index contributed by atoms with van der Waals surface area (Å²) in [5, 5.41) is 12.9. The molecule has 5 N–H and O–H groups in total. The molecule has 6 atom stereocenters. The van der Waals surface area contributed by atoms with Gasteiger partial charge in [0.05, 0.1) is 57.8 Å². The molecule has 0 saturated heterocycles. The van der Waals surface area contributed by atoms with Gasteiger partial charge < -0.3 is 64.1 Å². The van der Waals surface area contributed by atoms with Gasteiger partial charge in [-0.15, -0.1) is 0 Å². The van der Waals surface area contributed by atoms with Crippen molar-refractivity contribution in [1.82, 2.24) is 15.8 Å². The largest absolute Gasteiger partial charge is 0.495 e. The van der Waals surface area contributed by atoms with Crippen LogP contribution in [0.2, 0.25) is 0 Å². The number of primary amides is 1. The molecule has 2 aromatic carbocycles. The molecule has 0 radical (unpaired) electrons. The minimum atomic E-state index is -1.03. The van der Waals surface area contributed by atoms with Crippen LogP contribution in [0.5, 0.6) is 23.0 Å². The number of methoxy groups -OCH3 is 6. The number of unbranched alkanes of at least 4 members (excludes halogenated alkanes) is 2. The van der Waals surface area contributed by atoms with Gasteiger partial charge in [0.2, 0.25) is 23.2 Å². The molecule has 1 aliphatic carbocycles. The summed E-state index contributed by atoms with van der Waals surface area (Å²) in [5.41, 5.74) is 8.35. The van der Waals surface area contributed by atoms with E-state index in [1.807, 2.05) is 26.0 Å². The number of amides is 3. The van der Waals surface area contributed by atoms with E-state index in [2.05, 4.69) is 21.1 Å². The van der Waals surface area contributed by atoms with Gasteiger partial charge in [-0.2, -0.15) is 0 Å². The van der Waals surface area contributed by atoms with E-state index in [1.54, 1.807) is 56.6 Å². The number of aromatic nitrogens is 1. The third-order valence-electron chi connectivity index (χ3n) is 12.4. The van der Waals surface area contributed by atoms with Gasteiger partial charge in [0, 0.05) is 61.5 Å². The van der Waals surface area contributed by atoms with E-state index in [-0.39, 0.29) is 53.1 Å². The third-order valence-corrected chi connectivity index (χ3v) is 12.4. The molecule has 0 saturated carbocycles. The fourth-order valence-corrected chi connectivity index (χ4v) is 8.78. The second-order valence-corrected chi connectivity index (χ2v) is 17.4. The maximum atomic E-state index is 14.2. The fourth-order valence-electron chi connectivity index (χ4n) is 8.78. The van der Waals surface area contributed by atoms with E-state index in [9.17, 15) is 24.0 Å². The van der Waals surface area contributed by atoms with Crippen molar-refractivity contribution in [3.05, 3.63) is 95.2 Å². The molecule has 3 amide bonds. The average molecular weight is 982 g/mol. The number of rotatable bonds is 17. The zero-order valence-corrected chi connectivity index (χ0v) is 41.5. The number of Topliss-reactive ketones (excluding diaryl/α,β-unsaturated/α-hetero) is 1. The van der Waals surface area contributed by atoms with Crippen LogP contribution in [0.25, 0.3) is 22.5 Å². The predicted molar refractivity (Wildman–Crippen MR) is 261 cm³/mol. The van der Waals surface area contributed by atoms with Gasteiger partial charge in [0.15, 0.2) is 23.4 Å². The first-order chi connectivity index (χ1) is 34.1. The minimum Gasteiger partial charge on any atom is -0.495 e. The summed E-state index contributed by atoms with van der Waals surface area (Å²) >= 11 is 0. The van der Waals surface area contributed by atoms with Crippen molar-refractivity contribution in [3.8, 4) is 45.4 Å². The summed E-state index contributed by atoms with van der Waals surface area (Å²) in [6.07, 6.45) is 7.84. The Kier molecular flexibility index (Phi) is 18.2. The Morgan fingerprint density at radius 1 is 0.901 bits per heavy atom. The topological polar surface area (TPSA) is 247 Å². The molecular formula is C52H63N5O14. The summed E-state index contributed by atoms with van der Waals surface area (Å²) in [5.74, 6) is 0.379. The van der Waals surface area contributed by atoms with E-state index >= 15 is 0 Å². The number of ether oxygens (including phenoxy) is 8. The van der Waals surface area contributed by atoms with Crippen LogP contribution in [0.1, 0.15) is 59.3 Å². The van der Waals surface area contributed by atoms with Crippen LogP contribution >= 0.6 is 0 Å². The molecule has 3 aliphatic rings. The van der Waals surface area contributed by atoms with Crippen molar-refractivity contribution in [3.63, 3.8) is 0 Å². The van der Waals surface area contributed by atoms with Gasteiger partial charge in [-0.05, 0) is 74.4 Å². The predicted octanol–water partition coefficient (Wildman–Crippen LogP) is 6.88. The van der Waals surface area contributed by atoms with E-state index in [4.69, 9.17) is 48.2 Å². The Morgan fingerprint density at radius 3 is 2.30 bits per heavy atom. The lowest BCUT2D eigenvalue weighted by Gasteiger charge is -2.30. The molecular weight excluding hydrogens is 919 g/mol. The molecule has 3 heterocycles. The van der Waals surface area contributed by atoms with Crippen LogP contribution in [0, 0.1) is 11.8 Å². The molecule has 2 aliphatic heterocycles. The highest BCUT2D eigenvalue weighted by atomic mass is 16.6. The standard InChI is InChI=1S/C52H63N5O14/c1-28-20-33-45(37(58)26-36(46(33)60)57-51(61)29(2)14-13-15-39(64-5)50(70-52(53)62)43-22-30(3)47(69-43)40(21-28)65-6)54-19-12-10-11-16-44(59)56-35-23-31(17-18-38(35)63-4)34-27-55-71-48(34)32-24-41(66-7)49(68-9)42(25-32)67-8/h13-15,17-18,22-28,30,39-40,47,50,54H,10-12,16,19-21H2,1-9H3,(H2,53,62)(H,56,59)(H,57,61)/b15-13-,29-14+/t28-,30+,39+,40+,47+,50-/m1/s1. The number of nitrogens with zero attached hydrogens (tertiary/aromatic N) is 1. The number of benzene rings is 2. The molecule has 1 aromatic heterocycles. The quantitative estimate of drug-likeness (QED) is 0.0795. The van der Waals surface area contributed by atoms with E-state index in [0.29, 0.717) is 89.1 Å². The molecule has 0 unspecified atom stereocenters. The fraction of sp³-hybridized carbons (Fsp3) is 0.423. The lowest BCUT2D eigenvalue weighted by atomic mass is 9.85. The molecule has 6 rings (SSSR count). The molecule has 4 bridgehead atoms. The summed E-state index contributed by atoms with van der Waals surface area (Å²) in [6, 6.07) is 8.88. The average Bonchev–Trinajstić information content (AvgIpc) is 4.01. The maximum Gasteiger partial charge on any atom is 0.405 e. The van der Waals surface area contributed by atoms with Crippen LogP contribution in [0.4, 0.5) is 10.5 Å². The van der Waals surface area contributed by atoms with Crippen molar-refractivity contribution in [2.75, 3.05) is 54.5 Å². The van der Waals surface area contributed by atoms with Gasteiger partial charge in [0.1, 0.15) is 23.7 Å². The minimum absolute atomic E-state index is 0.145. The van der Waals surface area contributed by atoms with Crippen LogP contribution in [-0.4, -0.2) is 108 Å². The molecule has 19 nitrogen and oxygen atoms in total. The zero-order chi connectivity index (χ0) is 51.4. The normalized spacial score (nSPS) is 22.8. The molecule has 71 heavy (non-hydrogen) atoms. The van der Waals surface area contributed by atoms with E-state index in [1.165, 1.54) is 41.6 Å². The van der Waals surface area contributed by atoms with Crippen molar-refractivity contribution < 1.29 is 66.4 Å². The zero-order valence-electron chi connectivity index (χ0n) is 41.5. The molecule has 380 valence electrons. The lowest BCUT2D eigenvalue weighted by Crippen LogP contribution is -2.39. The van der Waals surface area contributed by atoms with E-state index < -0.39 is 48.0 Å². The first-order valence-corrected chi connectivity index (χ1v) is 23.2. The van der Waals surface area contributed by atoms with Crippen LogP contribution < -0.4 is 40.6 Å². The van der Waals surface area contributed by atoms with Gasteiger partial charge in [-0.1, -0.05) is 49.7 Å². The molecule has 0 spiro atoms. The Morgan fingerprint density at radius 2 is 1.63 bits per heavy atom. The highest BCUT2D eigenvalue weighted by Crippen LogP contribution is 2.44. The maximum absolute atomic E-state index is 14.2. The number of anilines is 1. The monoisotopic (exact) mass is 981 g/mol. The highest BCUT2D eigenvalue weighted by Gasteiger charge is 2.41. The number of fused-ring (bicyclic) bond motifs is 4. The van der Waals surface area contributed by atoms with Gasteiger partial charge in [0.25, 0.3) is 5.91 Å². The van der Waals surface area contributed by atoms with Crippen LogP contribution in [-0.2, 0) is 38.1 Å². The third kappa shape index (κ3) is 12.7. The van der Waals surface area contributed by atoms with Gasteiger partial charge in [-0.3, -0.25) is 19.2 Å². The Balaban J connectivity index is 1.12.